The number of aliphatic hydroxyl groups is 1. The molecule has 3 aliphatic heterocycles. The van der Waals surface area contributed by atoms with Crippen molar-refractivity contribution in [3.8, 4) is 5.75 Å². The summed E-state index contributed by atoms with van der Waals surface area (Å²) in [6, 6.07) is 5.31. The van der Waals surface area contributed by atoms with E-state index in [1.807, 2.05) is 13.8 Å². The summed E-state index contributed by atoms with van der Waals surface area (Å²) >= 11 is 3.62. The van der Waals surface area contributed by atoms with Crippen molar-refractivity contribution in [2.24, 2.45) is 17.8 Å². The Balaban J connectivity index is 1.76. The number of likely N-dealkylation sites (tertiary alicyclic amines) is 1. The summed E-state index contributed by atoms with van der Waals surface area (Å²) < 4.78 is 11.6. The Bertz CT molecular complexity index is 941. The van der Waals surface area contributed by atoms with E-state index in [0.29, 0.717) is 17.9 Å². The number of benzene rings is 1. The lowest BCUT2D eigenvalue weighted by Gasteiger charge is -2.38. The number of nitrogens with one attached hydrogen (secondary N) is 2. The van der Waals surface area contributed by atoms with Crippen LogP contribution in [0.25, 0.3) is 0 Å². The maximum atomic E-state index is 13.8. The maximum Gasteiger partial charge on any atom is 0.250 e. The fourth-order valence-corrected chi connectivity index (χ4v) is 6.64. The van der Waals surface area contributed by atoms with E-state index >= 15 is 0 Å². The SMILES string of the molecule is CNC(=O)[C@H]1[C@H]2C(=O)N([C@@H](CO)C(C)C)C(C(=O)Nc3ccc(OC)cc3)C23CC(Br)[C@@H]1O3. The van der Waals surface area contributed by atoms with Crippen molar-refractivity contribution in [2.45, 2.75) is 48.9 Å². The van der Waals surface area contributed by atoms with Gasteiger partial charge in [0.25, 0.3) is 0 Å². The van der Waals surface area contributed by atoms with E-state index in [1.54, 1.807) is 31.4 Å². The molecule has 180 valence electrons. The maximum absolute atomic E-state index is 13.8. The highest BCUT2D eigenvalue weighted by Crippen LogP contribution is 2.60. The van der Waals surface area contributed by atoms with Gasteiger partial charge >= 0.3 is 0 Å². The highest BCUT2D eigenvalue weighted by molar-refractivity contribution is 9.09. The van der Waals surface area contributed by atoms with Crippen molar-refractivity contribution in [3.63, 3.8) is 0 Å². The third-order valence-electron chi connectivity index (χ3n) is 7.20. The van der Waals surface area contributed by atoms with Gasteiger partial charge in [-0.15, -0.1) is 0 Å². The van der Waals surface area contributed by atoms with Gasteiger partial charge in [-0.1, -0.05) is 29.8 Å². The molecule has 3 N–H and O–H groups in total. The smallest absolute Gasteiger partial charge is 0.250 e. The number of ether oxygens (including phenoxy) is 2. The Labute approximate surface area is 201 Å². The fourth-order valence-electron chi connectivity index (χ4n) is 5.70. The van der Waals surface area contributed by atoms with Crippen LogP contribution >= 0.6 is 15.9 Å². The molecule has 2 bridgehead atoms. The highest BCUT2D eigenvalue weighted by atomic mass is 79.9. The Hall–Kier alpha value is -2.17. The van der Waals surface area contributed by atoms with Crippen LogP contribution in [0.3, 0.4) is 0 Å². The number of rotatable bonds is 7. The summed E-state index contributed by atoms with van der Waals surface area (Å²) in [5.74, 6) is -1.99. The Morgan fingerprint density at radius 2 is 1.97 bits per heavy atom. The average Bonchev–Trinajstić information content (AvgIpc) is 3.38. The number of hydrogen-bond donors (Lipinski definition) is 3. The molecule has 7 atom stereocenters. The number of aliphatic hydroxyl groups excluding tert-OH is 1. The molecule has 4 rings (SSSR count). The molecule has 3 saturated heterocycles. The third-order valence-corrected chi connectivity index (χ3v) is 8.04. The molecule has 0 aromatic heterocycles. The molecule has 3 fully saturated rings. The number of carbonyl (C=O) groups is 3. The van der Waals surface area contributed by atoms with Crippen LogP contribution in [0.1, 0.15) is 20.3 Å². The molecule has 1 aromatic carbocycles. The standard InChI is InChI=1S/C23H30BrN3O6/c1-11(2)15(10-28)27-19(21(30)26-12-5-7-13(32-4)8-6-12)23-9-14(24)18(33-23)16(20(29)25-3)17(23)22(27)31/h5-8,11,14-19,28H,9-10H2,1-4H3,(H,25,29)(H,26,30)/t14?,15-,16-,17-,18-,19?,23?/m0/s1. The lowest BCUT2D eigenvalue weighted by atomic mass is 9.70. The van der Waals surface area contributed by atoms with Crippen LogP contribution in [0.4, 0.5) is 5.69 Å². The second kappa shape index (κ2) is 8.88. The zero-order valence-corrected chi connectivity index (χ0v) is 20.7. The lowest BCUT2D eigenvalue weighted by Crippen LogP contribution is -2.57. The topological polar surface area (TPSA) is 117 Å². The van der Waals surface area contributed by atoms with Gasteiger partial charge in [0, 0.05) is 17.6 Å². The van der Waals surface area contributed by atoms with Crippen LogP contribution < -0.4 is 15.4 Å². The fraction of sp³-hybridized carbons (Fsp3) is 0.609. The zero-order valence-electron chi connectivity index (χ0n) is 19.1. The molecule has 1 aromatic rings. The number of methoxy groups -OCH3 is 1. The first-order valence-corrected chi connectivity index (χ1v) is 12.0. The van der Waals surface area contributed by atoms with Crippen molar-refractivity contribution in [1.82, 2.24) is 10.2 Å². The second-order valence-electron chi connectivity index (χ2n) is 9.23. The minimum Gasteiger partial charge on any atom is -0.497 e. The van der Waals surface area contributed by atoms with E-state index < -0.39 is 41.5 Å². The van der Waals surface area contributed by atoms with Gasteiger partial charge in [-0.2, -0.15) is 0 Å². The van der Waals surface area contributed by atoms with Crippen molar-refractivity contribution < 1.29 is 29.0 Å². The van der Waals surface area contributed by atoms with Gasteiger partial charge < -0.3 is 30.1 Å². The van der Waals surface area contributed by atoms with E-state index in [2.05, 4.69) is 26.6 Å². The summed E-state index contributed by atoms with van der Waals surface area (Å²) in [6.45, 7) is 3.48. The van der Waals surface area contributed by atoms with Crippen LogP contribution in [-0.4, -0.2) is 77.1 Å². The molecule has 0 radical (unpaired) electrons. The van der Waals surface area contributed by atoms with E-state index in [0.717, 1.165) is 0 Å². The van der Waals surface area contributed by atoms with Crippen LogP contribution in [-0.2, 0) is 19.1 Å². The van der Waals surface area contributed by atoms with Gasteiger partial charge in [0.05, 0.1) is 37.7 Å². The number of amides is 3. The second-order valence-corrected chi connectivity index (χ2v) is 10.4. The van der Waals surface area contributed by atoms with E-state index in [9.17, 15) is 19.5 Å². The predicted octanol–water partition coefficient (Wildman–Crippen LogP) is 1.14. The first-order valence-electron chi connectivity index (χ1n) is 11.1. The molecule has 3 amide bonds. The molecule has 10 heteroatoms. The lowest BCUT2D eigenvalue weighted by molar-refractivity contribution is -0.145. The predicted molar refractivity (Wildman–Crippen MR) is 124 cm³/mol. The zero-order chi connectivity index (χ0) is 24.1. The van der Waals surface area contributed by atoms with Crippen molar-refractivity contribution in [3.05, 3.63) is 24.3 Å². The molecule has 33 heavy (non-hydrogen) atoms. The molecule has 0 aliphatic carbocycles. The molecule has 9 nitrogen and oxygen atoms in total. The molecule has 3 heterocycles. The average molecular weight is 524 g/mol. The first kappa shape index (κ1) is 24.0. The number of nitrogens with zero attached hydrogens (tertiary/aromatic N) is 1. The number of hydrogen-bond acceptors (Lipinski definition) is 6. The summed E-state index contributed by atoms with van der Waals surface area (Å²) in [7, 11) is 3.09. The molecular weight excluding hydrogens is 494 g/mol. The normalized spacial score (nSPS) is 33.2. The third kappa shape index (κ3) is 3.63. The van der Waals surface area contributed by atoms with Crippen molar-refractivity contribution in [2.75, 3.05) is 26.1 Å². The molecule has 0 saturated carbocycles. The van der Waals surface area contributed by atoms with Gasteiger partial charge in [0.2, 0.25) is 17.7 Å². The molecule has 3 unspecified atom stereocenters. The Kier molecular flexibility index (Phi) is 6.45. The summed E-state index contributed by atoms with van der Waals surface area (Å²) in [5, 5.41) is 15.7. The van der Waals surface area contributed by atoms with E-state index in [-0.39, 0.29) is 29.2 Å². The number of anilines is 1. The van der Waals surface area contributed by atoms with Crippen molar-refractivity contribution in [1.29, 1.82) is 0 Å². The van der Waals surface area contributed by atoms with Gasteiger partial charge in [0.1, 0.15) is 17.4 Å². The first-order chi connectivity index (χ1) is 15.7. The molecule has 1 spiro atoms. The summed E-state index contributed by atoms with van der Waals surface area (Å²) in [5.41, 5.74) is -0.615. The largest absolute Gasteiger partial charge is 0.497 e. The summed E-state index contributed by atoms with van der Waals surface area (Å²) in [6.07, 6.45) is -0.0985. The van der Waals surface area contributed by atoms with Gasteiger partial charge in [-0.25, -0.2) is 0 Å². The van der Waals surface area contributed by atoms with Gasteiger partial charge in [-0.3, -0.25) is 14.4 Å². The van der Waals surface area contributed by atoms with E-state index in [4.69, 9.17) is 9.47 Å². The van der Waals surface area contributed by atoms with Crippen LogP contribution in [0, 0.1) is 17.8 Å². The molecule has 3 aliphatic rings. The molecular formula is C23H30BrN3O6. The minimum absolute atomic E-state index is 0.110. The Morgan fingerprint density at radius 3 is 2.52 bits per heavy atom. The number of carbonyl (C=O) groups excluding carboxylic acids is 3. The van der Waals surface area contributed by atoms with Crippen molar-refractivity contribution >= 4 is 39.3 Å². The van der Waals surface area contributed by atoms with Crippen LogP contribution in [0.15, 0.2) is 24.3 Å². The summed E-state index contributed by atoms with van der Waals surface area (Å²) in [4.78, 5) is 41.6. The van der Waals surface area contributed by atoms with Gasteiger partial charge in [0.15, 0.2) is 0 Å². The number of alkyl halides is 1. The highest BCUT2D eigenvalue weighted by Gasteiger charge is 2.77. The number of halogens is 1. The van der Waals surface area contributed by atoms with Gasteiger partial charge in [-0.05, 0) is 36.6 Å². The van der Waals surface area contributed by atoms with Crippen LogP contribution in [0.2, 0.25) is 0 Å². The monoisotopic (exact) mass is 523 g/mol. The quantitative estimate of drug-likeness (QED) is 0.461. The van der Waals surface area contributed by atoms with Crippen LogP contribution in [0.5, 0.6) is 5.75 Å². The Morgan fingerprint density at radius 1 is 1.30 bits per heavy atom. The van der Waals surface area contributed by atoms with E-state index in [1.165, 1.54) is 11.9 Å². The number of fused-ring (bicyclic) bond motifs is 1. The minimum atomic E-state index is -1.16.